The number of benzene rings is 1. The lowest BCUT2D eigenvalue weighted by Crippen LogP contribution is -2.33. The Balaban J connectivity index is 0.00000484. The zero-order valence-electron chi connectivity index (χ0n) is 12.5. The number of nitrogens with one attached hydrogen (secondary N) is 2. The van der Waals surface area contributed by atoms with E-state index in [-0.39, 0.29) is 30.3 Å². The monoisotopic (exact) mass is 353 g/mol. The molecule has 9 heteroatoms. The molecule has 0 unspecified atom stereocenters. The highest BCUT2D eigenvalue weighted by molar-refractivity contribution is 5.97. The number of carbonyl (C=O) groups is 2. The van der Waals surface area contributed by atoms with Crippen LogP contribution in [-0.2, 0) is 4.79 Å². The van der Waals surface area contributed by atoms with Crippen molar-refractivity contribution in [2.24, 2.45) is 5.73 Å². The third-order valence-electron chi connectivity index (χ3n) is 2.83. The van der Waals surface area contributed by atoms with Crippen molar-refractivity contribution in [2.45, 2.75) is 25.9 Å². The Hall–Kier alpha value is -1.80. The number of alkyl halides is 3. The molecule has 0 radical (unpaired) electrons. The molecule has 0 atom stereocenters. The molecule has 23 heavy (non-hydrogen) atoms. The average molecular weight is 354 g/mol. The van der Waals surface area contributed by atoms with Crippen molar-refractivity contribution in [3.8, 4) is 0 Å². The molecule has 0 aromatic heterocycles. The summed E-state index contributed by atoms with van der Waals surface area (Å²) in [4.78, 5) is 23.3. The van der Waals surface area contributed by atoms with Crippen LogP contribution in [-0.4, -0.2) is 31.1 Å². The van der Waals surface area contributed by atoms with Gasteiger partial charge in [-0.2, -0.15) is 13.2 Å². The summed E-state index contributed by atoms with van der Waals surface area (Å²) in [7, 11) is 0. The highest BCUT2D eigenvalue weighted by Crippen LogP contribution is 2.18. The normalized spacial score (nSPS) is 10.7. The lowest BCUT2D eigenvalue weighted by atomic mass is 10.1. The van der Waals surface area contributed by atoms with Gasteiger partial charge < -0.3 is 16.4 Å². The van der Waals surface area contributed by atoms with E-state index in [2.05, 4.69) is 5.32 Å². The molecule has 0 aliphatic carbocycles. The minimum absolute atomic E-state index is 0. The molecule has 0 aliphatic rings. The van der Waals surface area contributed by atoms with Crippen LogP contribution >= 0.6 is 12.4 Å². The van der Waals surface area contributed by atoms with Crippen LogP contribution < -0.4 is 16.4 Å². The first kappa shape index (κ1) is 21.2. The summed E-state index contributed by atoms with van der Waals surface area (Å²) in [6, 6.07) is 4.30. The summed E-state index contributed by atoms with van der Waals surface area (Å²) < 4.78 is 36.3. The first-order valence-corrected chi connectivity index (χ1v) is 6.68. The number of halogens is 4. The smallest absolute Gasteiger partial charge is 0.343 e. The number of aryl methyl sites for hydroxylation is 1. The molecule has 0 bridgehead atoms. The third kappa shape index (κ3) is 7.85. The van der Waals surface area contributed by atoms with E-state index in [9.17, 15) is 22.8 Å². The Kier molecular flexibility index (Phi) is 8.63. The summed E-state index contributed by atoms with van der Waals surface area (Å²) in [5.74, 6) is -1.11. The zero-order chi connectivity index (χ0) is 16.8. The molecule has 1 aromatic carbocycles. The summed E-state index contributed by atoms with van der Waals surface area (Å²) in [5, 5.41) is 4.40. The van der Waals surface area contributed by atoms with Gasteiger partial charge in [-0.05, 0) is 37.6 Å². The number of anilines is 1. The van der Waals surface area contributed by atoms with Crippen molar-refractivity contribution in [3.05, 3.63) is 29.3 Å². The van der Waals surface area contributed by atoms with Gasteiger partial charge in [0.2, 0.25) is 5.91 Å². The van der Waals surface area contributed by atoms with Gasteiger partial charge in [0, 0.05) is 17.7 Å². The van der Waals surface area contributed by atoms with E-state index in [0.717, 1.165) is 0 Å². The molecular weight excluding hydrogens is 335 g/mol. The number of nitrogens with two attached hydrogens (primary N) is 1. The molecule has 0 spiro atoms. The number of amides is 2. The minimum atomic E-state index is -4.47. The number of hydrogen-bond donors (Lipinski definition) is 3. The van der Waals surface area contributed by atoms with Crippen molar-refractivity contribution in [1.29, 1.82) is 0 Å². The Morgan fingerprint density at radius 3 is 2.48 bits per heavy atom. The minimum Gasteiger partial charge on any atom is -0.343 e. The molecule has 0 saturated heterocycles. The average Bonchev–Trinajstić information content (AvgIpc) is 2.44. The van der Waals surface area contributed by atoms with Crippen LogP contribution in [0.25, 0.3) is 0 Å². The fourth-order valence-corrected chi connectivity index (χ4v) is 1.66. The summed E-state index contributed by atoms with van der Waals surface area (Å²) in [6.45, 7) is 0.695. The largest absolute Gasteiger partial charge is 0.405 e. The molecular formula is C14H19ClF3N3O2. The number of hydrogen-bond acceptors (Lipinski definition) is 3. The number of rotatable bonds is 6. The summed E-state index contributed by atoms with van der Waals surface area (Å²) in [6.07, 6.45) is -3.71. The van der Waals surface area contributed by atoms with E-state index in [1.807, 2.05) is 0 Å². The third-order valence-corrected chi connectivity index (χ3v) is 2.83. The van der Waals surface area contributed by atoms with Gasteiger partial charge in [-0.1, -0.05) is 6.07 Å². The molecule has 130 valence electrons. The summed E-state index contributed by atoms with van der Waals surface area (Å²) >= 11 is 0. The Labute approximate surface area is 138 Å². The predicted octanol–water partition coefficient (Wildman–Crippen LogP) is 2.39. The highest BCUT2D eigenvalue weighted by atomic mass is 35.5. The molecule has 5 nitrogen and oxygen atoms in total. The van der Waals surface area contributed by atoms with E-state index in [1.54, 1.807) is 18.3 Å². The van der Waals surface area contributed by atoms with Gasteiger partial charge in [-0.3, -0.25) is 9.59 Å². The van der Waals surface area contributed by atoms with Crippen LogP contribution in [0.15, 0.2) is 18.2 Å². The highest BCUT2D eigenvalue weighted by Gasteiger charge is 2.28. The molecule has 2 amide bonds. The molecule has 1 rings (SSSR count). The summed E-state index contributed by atoms with van der Waals surface area (Å²) in [5.41, 5.74) is 6.45. The van der Waals surface area contributed by atoms with Crippen LogP contribution in [0.5, 0.6) is 0 Å². The second kappa shape index (κ2) is 9.36. The van der Waals surface area contributed by atoms with Gasteiger partial charge in [0.15, 0.2) is 0 Å². The van der Waals surface area contributed by atoms with E-state index < -0.39 is 18.6 Å². The van der Waals surface area contributed by atoms with Crippen LogP contribution in [0.2, 0.25) is 0 Å². The van der Waals surface area contributed by atoms with Gasteiger partial charge >= 0.3 is 6.18 Å². The van der Waals surface area contributed by atoms with Crippen molar-refractivity contribution >= 4 is 29.9 Å². The van der Waals surface area contributed by atoms with Crippen LogP contribution in [0.1, 0.15) is 28.8 Å². The van der Waals surface area contributed by atoms with Crippen LogP contribution in [0.3, 0.4) is 0 Å². The molecule has 1 aromatic rings. The Morgan fingerprint density at radius 2 is 1.91 bits per heavy atom. The SMILES string of the molecule is Cc1ccc(C(=O)NCC(F)(F)F)cc1NC(=O)CCCN.Cl. The Morgan fingerprint density at radius 1 is 1.26 bits per heavy atom. The maximum Gasteiger partial charge on any atom is 0.405 e. The van der Waals surface area contributed by atoms with E-state index in [4.69, 9.17) is 5.73 Å². The quantitative estimate of drug-likeness (QED) is 0.734. The molecule has 0 saturated carbocycles. The van der Waals surface area contributed by atoms with Gasteiger partial charge in [0.25, 0.3) is 5.91 Å². The maximum atomic E-state index is 12.1. The second-order valence-electron chi connectivity index (χ2n) is 4.77. The molecule has 0 heterocycles. The van der Waals surface area contributed by atoms with E-state index >= 15 is 0 Å². The molecule has 0 aliphatic heterocycles. The van der Waals surface area contributed by atoms with Crippen molar-refractivity contribution in [2.75, 3.05) is 18.4 Å². The lowest BCUT2D eigenvalue weighted by Gasteiger charge is -2.12. The van der Waals surface area contributed by atoms with Crippen molar-refractivity contribution in [1.82, 2.24) is 5.32 Å². The van der Waals surface area contributed by atoms with Gasteiger partial charge in [0.1, 0.15) is 6.54 Å². The fourth-order valence-electron chi connectivity index (χ4n) is 1.66. The lowest BCUT2D eigenvalue weighted by molar-refractivity contribution is -0.123. The first-order valence-electron chi connectivity index (χ1n) is 6.68. The topological polar surface area (TPSA) is 84.2 Å². The number of carbonyl (C=O) groups excluding carboxylic acids is 2. The predicted molar refractivity (Wildman–Crippen MR) is 83.7 cm³/mol. The molecule has 4 N–H and O–H groups in total. The van der Waals surface area contributed by atoms with Crippen LogP contribution in [0.4, 0.5) is 18.9 Å². The van der Waals surface area contributed by atoms with Gasteiger partial charge in [-0.15, -0.1) is 12.4 Å². The van der Waals surface area contributed by atoms with E-state index in [0.29, 0.717) is 24.2 Å². The van der Waals surface area contributed by atoms with Gasteiger partial charge in [-0.25, -0.2) is 0 Å². The first-order chi connectivity index (χ1) is 10.2. The van der Waals surface area contributed by atoms with Crippen LogP contribution in [0, 0.1) is 6.92 Å². The zero-order valence-corrected chi connectivity index (χ0v) is 13.3. The van der Waals surface area contributed by atoms with Crippen molar-refractivity contribution < 1.29 is 22.8 Å². The Bertz CT molecular complexity index is 551. The maximum absolute atomic E-state index is 12.1. The van der Waals surface area contributed by atoms with Gasteiger partial charge in [0.05, 0.1) is 0 Å². The second-order valence-corrected chi connectivity index (χ2v) is 4.77. The fraction of sp³-hybridized carbons (Fsp3) is 0.429. The van der Waals surface area contributed by atoms with Crippen molar-refractivity contribution in [3.63, 3.8) is 0 Å². The molecule has 0 fully saturated rings. The standard InChI is InChI=1S/C14H18F3N3O2.ClH/c1-9-4-5-10(13(22)19-8-14(15,16)17)7-11(9)20-12(21)3-2-6-18;/h4-5,7H,2-3,6,8,18H2,1H3,(H,19,22)(H,20,21);1H. The van der Waals surface area contributed by atoms with E-state index in [1.165, 1.54) is 12.1 Å².